The fourth-order valence-corrected chi connectivity index (χ4v) is 5.85. The summed E-state index contributed by atoms with van der Waals surface area (Å²) in [7, 11) is 0. The average molecular weight is 580 g/mol. The number of nitrogens with one attached hydrogen (secondary N) is 1. The summed E-state index contributed by atoms with van der Waals surface area (Å²) in [6.07, 6.45) is 2.19. The van der Waals surface area contributed by atoms with E-state index < -0.39 is 23.3 Å². The lowest BCUT2D eigenvalue weighted by Crippen LogP contribution is -2.39. The minimum Gasteiger partial charge on any atom is -0.349 e. The van der Waals surface area contributed by atoms with Crippen LogP contribution in [0.15, 0.2) is 78.0 Å². The van der Waals surface area contributed by atoms with Gasteiger partial charge in [-0.05, 0) is 73.4 Å². The molecule has 0 bridgehead atoms. The summed E-state index contributed by atoms with van der Waals surface area (Å²) >= 11 is 5.83. The minimum absolute atomic E-state index is 0.0443. The summed E-state index contributed by atoms with van der Waals surface area (Å²) < 4.78 is 43.7. The molecule has 0 radical (unpaired) electrons. The Morgan fingerprint density at radius 1 is 0.976 bits per heavy atom. The quantitative estimate of drug-likeness (QED) is 0.261. The number of carbonyl (C=O) groups excluding carboxylic acids is 1. The van der Waals surface area contributed by atoms with Crippen LogP contribution in [0.2, 0.25) is 5.02 Å². The zero-order valence-electron chi connectivity index (χ0n) is 21.7. The van der Waals surface area contributed by atoms with Gasteiger partial charge in [-0.15, -0.1) is 0 Å². The molecule has 6 rings (SSSR count). The van der Waals surface area contributed by atoms with Crippen LogP contribution in [-0.4, -0.2) is 31.1 Å². The first kappa shape index (κ1) is 27.0. The molecule has 3 aromatic heterocycles. The Balaban J connectivity index is 1.19. The number of para-hydroxylation sites is 2. The normalized spacial score (nSPS) is 17.7. The van der Waals surface area contributed by atoms with E-state index in [1.54, 1.807) is 21.5 Å². The summed E-state index contributed by atoms with van der Waals surface area (Å²) in [5, 5.41) is 4.65. The zero-order chi connectivity index (χ0) is 28.7. The Hall–Kier alpha value is -4.18. The molecule has 0 unspecified atom stereocenters. The number of imidazole rings is 1. The van der Waals surface area contributed by atoms with Gasteiger partial charge < -0.3 is 5.32 Å². The van der Waals surface area contributed by atoms with Gasteiger partial charge in [-0.25, -0.2) is 9.78 Å². The maximum Gasteiger partial charge on any atom is 0.434 e. The molecular weight excluding hydrogens is 555 g/mol. The molecule has 1 aliphatic rings. The molecule has 5 aromatic rings. The molecular formula is C30H25ClF3N5O2. The number of halogens is 4. The van der Waals surface area contributed by atoms with Crippen molar-refractivity contribution in [1.29, 1.82) is 0 Å². The number of benzene rings is 2. The van der Waals surface area contributed by atoms with Crippen molar-refractivity contribution in [2.45, 2.75) is 44.4 Å². The molecule has 0 spiro atoms. The van der Waals surface area contributed by atoms with Crippen LogP contribution < -0.4 is 11.0 Å². The van der Waals surface area contributed by atoms with Crippen molar-refractivity contribution in [3.05, 3.63) is 100.0 Å². The topological polar surface area (TPSA) is 81.8 Å². The fourth-order valence-electron chi connectivity index (χ4n) is 5.69. The van der Waals surface area contributed by atoms with E-state index in [1.165, 1.54) is 0 Å². The molecule has 0 aliphatic heterocycles. The number of fused-ring (bicyclic) bond motifs is 2. The Bertz CT molecular complexity index is 1820. The highest BCUT2D eigenvalue weighted by atomic mass is 35.5. The van der Waals surface area contributed by atoms with Crippen molar-refractivity contribution in [3.63, 3.8) is 0 Å². The van der Waals surface area contributed by atoms with Gasteiger partial charge in [-0.2, -0.15) is 13.2 Å². The number of pyridine rings is 2. The summed E-state index contributed by atoms with van der Waals surface area (Å²) in [6.45, 7) is 0.501. The van der Waals surface area contributed by atoms with Gasteiger partial charge in [0.1, 0.15) is 0 Å². The van der Waals surface area contributed by atoms with Gasteiger partial charge in [0, 0.05) is 36.6 Å². The molecule has 1 fully saturated rings. The molecule has 11 heteroatoms. The number of nitrogens with zero attached hydrogens (tertiary/aromatic N) is 4. The lowest BCUT2D eigenvalue weighted by Gasteiger charge is -2.29. The standard InChI is InChI=1S/C30H25ClF3N5O2/c31-21-14-24(27(36-16-21)30(32,33)34)28(40)37-22-8-5-18(6-9-22)17-38-25-3-1-2-4-26(25)39(29(38)41)23-10-7-20-15-35-12-11-19(20)13-23/h1-4,7,10-16,18,22H,5-6,8-9,17H2,(H,37,40). The van der Waals surface area contributed by atoms with Gasteiger partial charge in [-0.3, -0.25) is 18.9 Å². The Labute approximate surface area is 237 Å². The maximum atomic E-state index is 13.8. The van der Waals surface area contributed by atoms with E-state index in [1.807, 2.05) is 48.5 Å². The Morgan fingerprint density at radius 3 is 2.49 bits per heavy atom. The van der Waals surface area contributed by atoms with E-state index in [2.05, 4.69) is 15.3 Å². The zero-order valence-corrected chi connectivity index (χ0v) is 22.5. The van der Waals surface area contributed by atoms with Gasteiger partial charge in [0.05, 0.1) is 27.3 Å². The molecule has 210 valence electrons. The predicted molar refractivity (Wildman–Crippen MR) is 150 cm³/mol. The van der Waals surface area contributed by atoms with Crippen LogP contribution in [0.5, 0.6) is 0 Å². The van der Waals surface area contributed by atoms with Crippen LogP contribution >= 0.6 is 11.6 Å². The number of carbonyl (C=O) groups is 1. The number of aromatic nitrogens is 4. The summed E-state index contributed by atoms with van der Waals surface area (Å²) in [5.74, 6) is -0.678. The van der Waals surface area contributed by atoms with Crippen LogP contribution in [0.4, 0.5) is 13.2 Å². The highest BCUT2D eigenvalue weighted by Crippen LogP contribution is 2.32. The molecule has 1 saturated carbocycles. The van der Waals surface area contributed by atoms with Gasteiger partial charge in [0.2, 0.25) is 0 Å². The van der Waals surface area contributed by atoms with Crippen molar-refractivity contribution >= 4 is 39.3 Å². The van der Waals surface area contributed by atoms with E-state index in [4.69, 9.17) is 11.6 Å². The molecule has 0 saturated heterocycles. The predicted octanol–water partition coefficient (Wildman–Crippen LogP) is 6.40. The maximum absolute atomic E-state index is 13.8. The molecule has 41 heavy (non-hydrogen) atoms. The lowest BCUT2D eigenvalue weighted by molar-refractivity contribution is -0.141. The minimum atomic E-state index is -4.77. The second-order valence-corrected chi connectivity index (χ2v) is 10.8. The number of amides is 1. The summed E-state index contributed by atoms with van der Waals surface area (Å²) in [4.78, 5) is 34.0. The van der Waals surface area contributed by atoms with Crippen LogP contribution in [0.3, 0.4) is 0 Å². The van der Waals surface area contributed by atoms with Crippen molar-refractivity contribution < 1.29 is 18.0 Å². The number of rotatable bonds is 5. The Morgan fingerprint density at radius 2 is 1.73 bits per heavy atom. The summed E-state index contributed by atoms with van der Waals surface area (Å²) in [5.41, 5.74) is 0.425. The Kier molecular flexibility index (Phi) is 7.03. The second kappa shape index (κ2) is 10.7. The van der Waals surface area contributed by atoms with Crippen molar-refractivity contribution in [2.75, 3.05) is 0 Å². The van der Waals surface area contributed by atoms with Crippen LogP contribution in [0.25, 0.3) is 27.5 Å². The summed E-state index contributed by atoms with van der Waals surface area (Å²) in [6, 6.07) is 16.1. The van der Waals surface area contributed by atoms with Crippen molar-refractivity contribution in [2.24, 2.45) is 5.92 Å². The largest absolute Gasteiger partial charge is 0.434 e. The molecule has 2 aromatic carbocycles. The molecule has 1 aliphatic carbocycles. The molecule has 7 nitrogen and oxygen atoms in total. The van der Waals surface area contributed by atoms with Crippen molar-refractivity contribution in [3.8, 4) is 5.69 Å². The number of hydrogen-bond acceptors (Lipinski definition) is 4. The molecule has 1 amide bonds. The molecule has 0 atom stereocenters. The number of alkyl halides is 3. The monoisotopic (exact) mass is 579 g/mol. The van der Waals surface area contributed by atoms with Crippen molar-refractivity contribution in [1.82, 2.24) is 24.4 Å². The van der Waals surface area contributed by atoms with E-state index in [0.29, 0.717) is 32.2 Å². The highest BCUT2D eigenvalue weighted by Gasteiger charge is 2.38. The van der Waals surface area contributed by atoms with E-state index >= 15 is 0 Å². The van der Waals surface area contributed by atoms with Gasteiger partial charge in [0.15, 0.2) is 5.69 Å². The van der Waals surface area contributed by atoms with E-state index in [-0.39, 0.29) is 22.7 Å². The lowest BCUT2D eigenvalue weighted by atomic mass is 9.85. The fraction of sp³-hybridized carbons (Fsp3) is 0.267. The van der Waals surface area contributed by atoms with Crippen LogP contribution in [0.1, 0.15) is 41.7 Å². The first-order chi connectivity index (χ1) is 19.7. The SMILES string of the molecule is O=C(NC1CCC(Cn2c(=O)n(-c3ccc4cnccc4c3)c3ccccc32)CC1)c1cc(Cl)cnc1C(F)(F)F. The third-order valence-electron chi connectivity index (χ3n) is 7.71. The third-order valence-corrected chi connectivity index (χ3v) is 7.91. The third kappa shape index (κ3) is 5.31. The molecule has 1 N–H and O–H groups in total. The highest BCUT2D eigenvalue weighted by molar-refractivity contribution is 6.30. The first-order valence-electron chi connectivity index (χ1n) is 13.3. The van der Waals surface area contributed by atoms with Gasteiger partial charge in [0.25, 0.3) is 5.91 Å². The average Bonchev–Trinajstić information content (AvgIpc) is 3.23. The van der Waals surface area contributed by atoms with Gasteiger partial charge in [-0.1, -0.05) is 29.8 Å². The second-order valence-electron chi connectivity index (χ2n) is 10.4. The first-order valence-corrected chi connectivity index (χ1v) is 13.6. The number of hydrogen-bond donors (Lipinski definition) is 1. The van der Waals surface area contributed by atoms with E-state index in [0.717, 1.165) is 39.8 Å². The smallest absolute Gasteiger partial charge is 0.349 e. The van der Waals surface area contributed by atoms with Crippen LogP contribution in [0, 0.1) is 5.92 Å². The van der Waals surface area contributed by atoms with E-state index in [9.17, 15) is 22.8 Å². The molecule has 3 heterocycles. The van der Waals surface area contributed by atoms with Gasteiger partial charge >= 0.3 is 11.9 Å². The van der Waals surface area contributed by atoms with Crippen LogP contribution in [-0.2, 0) is 12.7 Å².